The van der Waals surface area contributed by atoms with Gasteiger partial charge in [0.2, 0.25) is 0 Å². The minimum atomic E-state index is -0.842. The van der Waals surface area contributed by atoms with Crippen molar-refractivity contribution in [2.24, 2.45) is 0 Å². The summed E-state index contributed by atoms with van der Waals surface area (Å²) in [6.45, 7) is 1.72. The van der Waals surface area contributed by atoms with E-state index < -0.39 is 11.6 Å². The first kappa shape index (κ1) is 11.1. The lowest BCUT2D eigenvalue weighted by atomic mass is 9.93. The zero-order chi connectivity index (χ0) is 11.8. The third kappa shape index (κ3) is 2.09. The molecular weight excluding hydrogens is 272 g/mol. The molecule has 1 heterocycles. The normalized spacial score (nSPS) is 24.1. The van der Waals surface area contributed by atoms with Crippen molar-refractivity contribution in [3.63, 3.8) is 0 Å². The second kappa shape index (κ2) is 3.90. The van der Waals surface area contributed by atoms with Gasteiger partial charge in [-0.05, 0) is 24.6 Å². The average Bonchev–Trinajstić information content (AvgIpc) is 2.44. The number of hydrogen-bond acceptors (Lipinski definition) is 2. The molecule has 1 aromatic rings. The van der Waals surface area contributed by atoms with Crippen LogP contribution in [-0.2, 0) is 11.2 Å². The third-order valence-corrected chi connectivity index (χ3v) is 3.12. The average molecular weight is 283 g/mol. The van der Waals surface area contributed by atoms with Crippen LogP contribution in [0.1, 0.15) is 12.5 Å². The van der Waals surface area contributed by atoms with Crippen LogP contribution in [0.3, 0.4) is 0 Å². The van der Waals surface area contributed by atoms with Gasteiger partial charge in [-0.2, -0.15) is 0 Å². The SMILES string of the molecule is CC1(Cc2ccc(Br)cc2)NC(=O)NC1=O. The van der Waals surface area contributed by atoms with Crippen LogP contribution in [0.5, 0.6) is 0 Å². The summed E-state index contributed by atoms with van der Waals surface area (Å²) in [4.78, 5) is 22.6. The Kier molecular flexibility index (Phi) is 2.71. The van der Waals surface area contributed by atoms with Crippen molar-refractivity contribution in [2.75, 3.05) is 0 Å². The summed E-state index contributed by atoms with van der Waals surface area (Å²) < 4.78 is 0.987. The second-order valence-corrected chi connectivity index (χ2v) is 4.96. The van der Waals surface area contributed by atoms with E-state index >= 15 is 0 Å². The first-order valence-electron chi connectivity index (χ1n) is 4.88. The number of nitrogens with one attached hydrogen (secondary N) is 2. The first-order chi connectivity index (χ1) is 7.49. The Hall–Kier alpha value is -1.36. The number of amides is 3. The zero-order valence-electron chi connectivity index (χ0n) is 8.71. The molecule has 2 N–H and O–H groups in total. The quantitative estimate of drug-likeness (QED) is 0.810. The van der Waals surface area contributed by atoms with Gasteiger partial charge in [-0.3, -0.25) is 10.1 Å². The topological polar surface area (TPSA) is 58.2 Å². The van der Waals surface area contributed by atoms with Crippen molar-refractivity contribution in [3.05, 3.63) is 34.3 Å². The maximum absolute atomic E-state index is 11.6. The summed E-state index contributed by atoms with van der Waals surface area (Å²) in [5.41, 5.74) is 0.160. The van der Waals surface area contributed by atoms with Crippen molar-refractivity contribution in [2.45, 2.75) is 18.9 Å². The van der Waals surface area contributed by atoms with Crippen LogP contribution in [0.2, 0.25) is 0 Å². The Balaban J connectivity index is 2.18. The smallest absolute Gasteiger partial charge is 0.322 e. The molecule has 1 atom stereocenters. The molecule has 0 radical (unpaired) electrons. The van der Waals surface area contributed by atoms with Crippen molar-refractivity contribution in [3.8, 4) is 0 Å². The Labute approximate surface area is 102 Å². The van der Waals surface area contributed by atoms with Crippen LogP contribution in [0.15, 0.2) is 28.7 Å². The predicted molar refractivity (Wildman–Crippen MR) is 62.9 cm³/mol. The van der Waals surface area contributed by atoms with E-state index in [9.17, 15) is 9.59 Å². The Morgan fingerprint density at radius 1 is 1.25 bits per heavy atom. The molecule has 1 fully saturated rings. The van der Waals surface area contributed by atoms with Gasteiger partial charge in [-0.1, -0.05) is 28.1 Å². The van der Waals surface area contributed by atoms with Crippen LogP contribution in [0.25, 0.3) is 0 Å². The highest BCUT2D eigenvalue weighted by molar-refractivity contribution is 9.10. The van der Waals surface area contributed by atoms with E-state index in [4.69, 9.17) is 0 Å². The van der Waals surface area contributed by atoms with Gasteiger partial charge < -0.3 is 5.32 Å². The number of urea groups is 1. The lowest BCUT2D eigenvalue weighted by Crippen LogP contribution is -2.45. The summed E-state index contributed by atoms with van der Waals surface area (Å²) in [5.74, 6) is -0.277. The van der Waals surface area contributed by atoms with Crippen LogP contribution < -0.4 is 10.6 Å². The van der Waals surface area contributed by atoms with Gasteiger partial charge in [0.05, 0.1) is 0 Å². The Morgan fingerprint density at radius 2 is 1.88 bits per heavy atom. The number of rotatable bonds is 2. The minimum Gasteiger partial charge on any atom is -0.323 e. The van der Waals surface area contributed by atoms with Crippen molar-refractivity contribution in [1.29, 1.82) is 0 Å². The summed E-state index contributed by atoms with van der Waals surface area (Å²) in [6.07, 6.45) is 0.484. The fourth-order valence-corrected chi connectivity index (χ4v) is 1.98. The largest absolute Gasteiger partial charge is 0.323 e. The first-order valence-corrected chi connectivity index (χ1v) is 5.67. The van der Waals surface area contributed by atoms with Gasteiger partial charge in [0.25, 0.3) is 5.91 Å². The molecule has 1 aliphatic heterocycles. The molecule has 16 heavy (non-hydrogen) atoms. The van der Waals surface area contributed by atoms with E-state index in [-0.39, 0.29) is 5.91 Å². The zero-order valence-corrected chi connectivity index (χ0v) is 10.3. The fraction of sp³-hybridized carbons (Fsp3) is 0.273. The fourth-order valence-electron chi connectivity index (χ4n) is 1.71. The van der Waals surface area contributed by atoms with Crippen molar-refractivity contribution < 1.29 is 9.59 Å². The number of halogens is 1. The van der Waals surface area contributed by atoms with E-state index in [1.54, 1.807) is 6.92 Å². The van der Waals surface area contributed by atoms with E-state index in [1.165, 1.54) is 0 Å². The lowest BCUT2D eigenvalue weighted by molar-refractivity contribution is -0.123. The number of hydrogen-bond donors (Lipinski definition) is 2. The molecular formula is C11H11BrN2O2. The molecule has 1 saturated heterocycles. The molecule has 0 aromatic heterocycles. The van der Waals surface area contributed by atoms with E-state index in [1.807, 2.05) is 24.3 Å². The minimum absolute atomic E-state index is 0.277. The lowest BCUT2D eigenvalue weighted by Gasteiger charge is -2.20. The van der Waals surface area contributed by atoms with E-state index in [2.05, 4.69) is 26.6 Å². The summed E-state index contributed by atoms with van der Waals surface area (Å²) >= 11 is 3.34. The maximum atomic E-state index is 11.6. The number of benzene rings is 1. The molecule has 2 rings (SSSR count). The summed E-state index contributed by atoms with van der Waals surface area (Å²) in [5, 5.41) is 4.87. The molecule has 84 valence electrons. The van der Waals surface area contributed by atoms with Gasteiger partial charge >= 0.3 is 6.03 Å². The molecule has 4 nitrogen and oxygen atoms in total. The van der Waals surface area contributed by atoms with Gasteiger partial charge in [0.15, 0.2) is 0 Å². The van der Waals surface area contributed by atoms with E-state index in [0.717, 1.165) is 10.0 Å². The predicted octanol–water partition coefficient (Wildman–Crippen LogP) is 1.59. The molecule has 5 heteroatoms. The van der Waals surface area contributed by atoms with Gasteiger partial charge in [-0.25, -0.2) is 4.79 Å². The molecule has 1 unspecified atom stereocenters. The van der Waals surface area contributed by atoms with Gasteiger partial charge in [0.1, 0.15) is 5.54 Å². The van der Waals surface area contributed by atoms with Crippen LogP contribution in [0.4, 0.5) is 4.79 Å². The highest BCUT2D eigenvalue weighted by atomic mass is 79.9. The maximum Gasteiger partial charge on any atom is 0.322 e. The van der Waals surface area contributed by atoms with Crippen molar-refractivity contribution >= 4 is 27.9 Å². The molecule has 1 aliphatic rings. The summed E-state index contributed by atoms with van der Waals surface area (Å²) in [6, 6.07) is 7.24. The number of imide groups is 1. The molecule has 0 spiro atoms. The second-order valence-electron chi connectivity index (χ2n) is 4.04. The van der Waals surface area contributed by atoms with Crippen molar-refractivity contribution in [1.82, 2.24) is 10.6 Å². The number of carbonyl (C=O) groups is 2. The molecule has 0 saturated carbocycles. The van der Waals surface area contributed by atoms with Crippen LogP contribution >= 0.6 is 15.9 Å². The van der Waals surface area contributed by atoms with Gasteiger partial charge in [0, 0.05) is 10.9 Å². The highest BCUT2D eigenvalue weighted by Crippen LogP contribution is 2.18. The highest BCUT2D eigenvalue weighted by Gasteiger charge is 2.41. The van der Waals surface area contributed by atoms with Crippen LogP contribution in [-0.4, -0.2) is 17.5 Å². The third-order valence-electron chi connectivity index (χ3n) is 2.59. The molecule has 0 aliphatic carbocycles. The standard InChI is InChI=1S/C11H11BrN2O2/c1-11(9(15)13-10(16)14-11)6-7-2-4-8(12)5-3-7/h2-5H,6H2,1H3,(H2,13,14,15,16). The number of carbonyl (C=O) groups excluding carboxylic acids is 2. The molecule has 0 bridgehead atoms. The molecule has 3 amide bonds. The van der Waals surface area contributed by atoms with Crippen LogP contribution in [0, 0.1) is 0 Å². The monoisotopic (exact) mass is 282 g/mol. The van der Waals surface area contributed by atoms with Gasteiger partial charge in [-0.15, -0.1) is 0 Å². The Morgan fingerprint density at radius 3 is 2.38 bits per heavy atom. The Bertz CT molecular complexity index is 444. The molecule has 1 aromatic carbocycles. The van der Waals surface area contributed by atoms with E-state index in [0.29, 0.717) is 6.42 Å². The summed E-state index contributed by atoms with van der Waals surface area (Å²) in [7, 11) is 0.